The summed E-state index contributed by atoms with van der Waals surface area (Å²) < 4.78 is 8.39. The highest BCUT2D eigenvalue weighted by Crippen LogP contribution is 2.38. The summed E-state index contributed by atoms with van der Waals surface area (Å²) in [6.07, 6.45) is 1.94. The fourth-order valence-electron chi connectivity index (χ4n) is 2.90. The summed E-state index contributed by atoms with van der Waals surface area (Å²) in [7, 11) is 0. The minimum absolute atomic E-state index is 0.0241. The van der Waals surface area contributed by atoms with E-state index in [0.717, 1.165) is 42.1 Å². The molecule has 2 aliphatic rings. The standard InChI is InChI=1S/C15H19N5O2S/c1-10(21)16-11-4-3-7-20(8-11)9-14(22)17-12-5-2-6-13-15(12)19-23-18-13/h2,5-6,11H,3-4,7-9H2,1H3,(H,16,21)(H,17,22). The Labute approximate surface area is 138 Å². The monoisotopic (exact) mass is 333 g/mol. The van der Waals surface area contributed by atoms with Crippen LogP contribution in [0.2, 0.25) is 0 Å². The molecule has 1 aromatic rings. The van der Waals surface area contributed by atoms with E-state index in [1.807, 2.05) is 18.2 Å². The van der Waals surface area contributed by atoms with Crippen molar-refractivity contribution in [3.63, 3.8) is 0 Å². The SMILES string of the molecule is CC(=O)NC1CCCN(CC(=O)Nc2cccc3c2N=S=N3)C1. The second kappa shape index (κ2) is 7.01. The molecule has 1 fully saturated rings. The number of piperidine rings is 1. The van der Waals surface area contributed by atoms with Crippen LogP contribution in [0, 0.1) is 0 Å². The Kier molecular flexibility index (Phi) is 4.82. The Morgan fingerprint density at radius 1 is 1.39 bits per heavy atom. The summed E-state index contributed by atoms with van der Waals surface area (Å²) in [4.78, 5) is 25.5. The summed E-state index contributed by atoms with van der Waals surface area (Å²) in [5.74, 6) is -0.0991. The molecule has 0 saturated carbocycles. The van der Waals surface area contributed by atoms with Crippen molar-refractivity contribution in [3.8, 4) is 0 Å². The van der Waals surface area contributed by atoms with Gasteiger partial charge in [-0.15, -0.1) is 0 Å². The molecule has 1 aromatic carbocycles. The van der Waals surface area contributed by atoms with Gasteiger partial charge in [0.25, 0.3) is 0 Å². The van der Waals surface area contributed by atoms with Crippen molar-refractivity contribution in [2.75, 3.05) is 25.0 Å². The van der Waals surface area contributed by atoms with E-state index in [9.17, 15) is 9.59 Å². The van der Waals surface area contributed by atoms with Crippen LogP contribution in [0.4, 0.5) is 17.1 Å². The predicted octanol–water partition coefficient (Wildman–Crippen LogP) is 1.95. The molecule has 0 bridgehead atoms. The quantitative estimate of drug-likeness (QED) is 0.896. The molecule has 0 aliphatic carbocycles. The van der Waals surface area contributed by atoms with Crippen molar-refractivity contribution < 1.29 is 9.59 Å². The molecule has 2 amide bonds. The largest absolute Gasteiger partial charge is 0.352 e. The number of benzene rings is 1. The van der Waals surface area contributed by atoms with E-state index in [0.29, 0.717) is 18.8 Å². The van der Waals surface area contributed by atoms with Crippen LogP contribution in [0.15, 0.2) is 26.9 Å². The van der Waals surface area contributed by atoms with Crippen molar-refractivity contribution in [1.29, 1.82) is 0 Å². The Morgan fingerprint density at radius 3 is 3.09 bits per heavy atom. The van der Waals surface area contributed by atoms with Crippen LogP contribution in [-0.4, -0.2) is 42.4 Å². The Morgan fingerprint density at radius 2 is 2.26 bits per heavy atom. The number of hydrogen-bond donors (Lipinski definition) is 2. The third-order valence-corrected chi connectivity index (χ3v) is 4.38. The van der Waals surface area contributed by atoms with Crippen LogP contribution in [0.3, 0.4) is 0 Å². The van der Waals surface area contributed by atoms with Gasteiger partial charge in [-0.2, -0.15) is 8.73 Å². The maximum Gasteiger partial charge on any atom is 0.238 e. The summed E-state index contributed by atoms with van der Waals surface area (Å²) in [6.45, 7) is 3.40. The summed E-state index contributed by atoms with van der Waals surface area (Å²) >= 11 is 1.13. The topological polar surface area (TPSA) is 86.2 Å². The number of rotatable bonds is 4. The molecular formula is C15H19N5O2S. The van der Waals surface area contributed by atoms with Crippen LogP contribution in [0.25, 0.3) is 0 Å². The second-order valence-corrected chi connectivity index (χ2v) is 6.29. The minimum atomic E-state index is -0.0750. The fraction of sp³-hybridized carbons (Fsp3) is 0.467. The first-order valence-electron chi connectivity index (χ1n) is 7.62. The van der Waals surface area contributed by atoms with Crippen molar-refractivity contribution in [1.82, 2.24) is 10.2 Å². The number of amides is 2. The van der Waals surface area contributed by atoms with Crippen LogP contribution in [-0.2, 0) is 20.9 Å². The van der Waals surface area contributed by atoms with Crippen LogP contribution in [0.5, 0.6) is 0 Å². The van der Waals surface area contributed by atoms with Gasteiger partial charge in [-0.25, -0.2) is 0 Å². The molecule has 7 nitrogen and oxygen atoms in total. The maximum atomic E-state index is 12.3. The minimum Gasteiger partial charge on any atom is -0.352 e. The van der Waals surface area contributed by atoms with Gasteiger partial charge in [0.15, 0.2) is 0 Å². The van der Waals surface area contributed by atoms with E-state index in [-0.39, 0.29) is 17.9 Å². The van der Waals surface area contributed by atoms with E-state index in [2.05, 4.69) is 24.3 Å². The molecule has 0 radical (unpaired) electrons. The van der Waals surface area contributed by atoms with Crippen molar-refractivity contribution in [2.24, 2.45) is 8.73 Å². The maximum absolute atomic E-state index is 12.3. The number of anilines is 1. The molecule has 1 atom stereocenters. The third-order valence-electron chi connectivity index (χ3n) is 3.84. The number of carbonyl (C=O) groups excluding carboxylic acids is 2. The van der Waals surface area contributed by atoms with Gasteiger partial charge >= 0.3 is 0 Å². The van der Waals surface area contributed by atoms with Crippen molar-refractivity contribution >= 4 is 40.2 Å². The average molecular weight is 333 g/mol. The van der Waals surface area contributed by atoms with Gasteiger partial charge in [0.2, 0.25) is 11.8 Å². The number of nitrogens with zero attached hydrogens (tertiary/aromatic N) is 3. The average Bonchev–Trinajstić information content (AvgIpc) is 2.96. The zero-order valence-electron chi connectivity index (χ0n) is 12.9. The fourth-order valence-corrected chi connectivity index (χ4v) is 3.45. The molecule has 0 spiro atoms. The molecule has 23 heavy (non-hydrogen) atoms. The lowest BCUT2D eigenvalue weighted by atomic mass is 10.1. The normalized spacial score (nSPS) is 19.8. The molecule has 2 aliphatic heterocycles. The van der Waals surface area contributed by atoms with E-state index in [4.69, 9.17) is 0 Å². The van der Waals surface area contributed by atoms with Crippen molar-refractivity contribution in [3.05, 3.63) is 18.2 Å². The second-order valence-electron chi connectivity index (χ2n) is 5.76. The smallest absolute Gasteiger partial charge is 0.238 e. The Bertz CT molecular complexity index is 699. The number of carbonyl (C=O) groups is 2. The van der Waals surface area contributed by atoms with Gasteiger partial charge in [-0.1, -0.05) is 6.07 Å². The first-order chi connectivity index (χ1) is 11.1. The van der Waals surface area contributed by atoms with Gasteiger partial charge < -0.3 is 10.6 Å². The highest BCUT2D eigenvalue weighted by molar-refractivity contribution is 7.58. The van der Waals surface area contributed by atoms with E-state index in [1.54, 1.807) is 0 Å². The lowest BCUT2D eigenvalue weighted by Crippen LogP contribution is -2.49. The molecule has 122 valence electrons. The molecule has 2 heterocycles. The number of nitrogens with one attached hydrogen (secondary N) is 2. The summed E-state index contributed by atoms with van der Waals surface area (Å²) in [5, 5.41) is 5.84. The van der Waals surface area contributed by atoms with Gasteiger partial charge in [0, 0.05) is 19.5 Å². The number of hydrogen-bond acceptors (Lipinski definition) is 5. The van der Waals surface area contributed by atoms with Gasteiger partial charge in [0.1, 0.15) is 11.4 Å². The zero-order chi connectivity index (χ0) is 16.2. The summed E-state index contributed by atoms with van der Waals surface area (Å²) in [6, 6.07) is 5.68. The Hall–Kier alpha value is -2.06. The zero-order valence-corrected chi connectivity index (χ0v) is 13.7. The number of fused-ring (bicyclic) bond motifs is 1. The first-order valence-corrected chi connectivity index (χ1v) is 8.35. The third kappa shape index (κ3) is 4.02. The van der Waals surface area contributed by atoms with E-state index >= 15 is 0 Å². The van der Waals surface area contributed by atoms with E-state index in [1.165, 1.54) is 6.92 Å². The predicted molar refractivity (Wildman–Crippen MR) is 89.9 cm³/mol. The van der Waals surface area contributed by atoms with E-state index < -0.39 is 0 Å². The van der Waals surface area contributed by atoms with Crippen LogP contribution in [0.1, 0.15) is 19.8 Å². The summed E-state index contributed by atoms with van der Waals surface area (Å²) in [5.41, 5.74) is 2.20. The van der Waals surface area contributed by atoms with Gasteiger partial charge in [-0.05, 0) is 31.5 Å². The highest BCUT2D eigenvalue weighted by Gasteiger charge is 2.22. The molecule has 3 rings (SSSR count). The van der Waals surface area contributed by atoms with Crippen LogP contribution >= 0.6 is 0 Å². The molecule has 1 saturated heterocycles. The molecular weight excluding hydrogens is 314 g/mol. The Balaban J connectivity index is 1.57. The molecule has 1 unspecified atom stereocenters. The lowest BCUT2D eigenvalue weighted by molar-refractivity contribution is -0.120. The molecule has 2 N–H and O–H groups in total. The van der Waals surface area contributed by atoms with Gasteiger partial charge in [0.05, 0.1) is 23.6 Å². The van der Waals surface area contributed by atoms with Crippen molar-refractivity contribution in [2.45, 2.75) is 25.8 Å². The lowest BCUT2D eigenvalue weighted by Gasteiger charge is -2.32. The number of likely N-dealkylation sites (tertiary alicyclic amines) is 1. The first kappa shape index (κ1) is 15.8. The highest BCUT2D eigenvalue weighted by atomic mass is 32.1. The molecule has 8 heteroatoms. The van der Waals surface area contributed by atoms with Gasteiger partial charge in [-0.3, -0.25) is 14.5 Å². The molecule has 0 aromatic heterocycles. The van der Waals surface area contributed by atoms with Crippen LogP contribution < -0.4 is 10.6 Å².